The van der Waals surface area contributed by atoms with Crippen molar-refractivity contribution in [2.75, 3.05) is 71.0 Å². The van der Waals surface area contributed by atoms with E-state index >= 15 is 0 Å². The lowest BCUT2D eigenvalue weighted by molar-refractivity contribution is -0.142. The molecule has 7 rings (SSSR count). The number of benzene rings is 2. The van der Waals surface area contributed by atoms with Crippen LogP contribution in [-0.4, -0.2) is 108 Å². The molecule has 2 aromatic heterocycles. The maximum absolute atomic E-state index is 13.5. The van der Waals surface area contributed by atoms with E-state index < -0.39 is 11.7 Å². The highest BCUT2D eigenvalue weighted by atomic mass is 19.1. The minimum absolute atomic E-state index is 0.0168. The number of amides is 1. The lowest BCUT2D eigenvalue weighted by atomic mass is 9.72. The SMILES string of the molecule is C=Cc1cc2c(N3CCC4(CC3)CN(C(=O)C(=C)F)C4)nc(OC3CCN(CCOC)CC3)nc2c(OCC)c1-c1c(C)ccc2[nH]ncc12. The van der Waals surface area contributed by atoms with E-state index in [9.17, 15) is 9.18 Å². The Bertz CT molecular complexity index is 1920. The zero-order valence-electron chi connectivity index (χ0n) is 29.3. The smallest absolute Gasteiger partial charge is 0.319 e. The number of piperidine rings is 2. The van der Waals surface area contributed by atoms with Crippen molar-refractivity contribution in [1.29, 1.82) is 0 Å². The van der Waals surface area contributed by atoms with Gasteiger partial charge in [0.05, 0.1) is 24.9 Å². The van der Waals surface area contributed by atoms with Crippen LogP contribution in [0.5, 0.6) is 11.8 Å². The first-order valence-electron chi connectivity index (χ1n) is 17.6. The van der Waals surface area contributed by atoms with E-state index in [4.69, 9.17) is 24.2 Å². The number of halogens is 1. The van der Waals surface area contributed by atoms with E-state index in [-0.39, 0.29) is 11.5 Å². The van der Waals surface area contributed by atoms with Crippen LogP contribution in [0.1, 0.15) is 43.7 Å². The van der Waals surface area contributed by atoms with Crippen molar-refractivity contribution in [1.82, 2.24) is 30.0 Å². The van der Waals surface area contributed by atoms with Gasteiger partial charge in [0.1, 0.15) is 17.4 Å². The number of fused-ring (bicyclic) bond motifs is 2. The summed E-state index contributed by atoms with van der Waals surface area (Å²) in [6.45, 7) is 17.9. The summed E-state index contributed by atoms with van der Waals surface area (Å²) in [6.07, 6.45) is 7.14. The minimum atomic E-state index is -0.903. The summed E-state index contributed by atoms with van der Waals surface area (Å²) in [6, 6.07) is 6.58. The summed E-state index contributed by atoms with van der Waals surface area (Å²) in [4.78, 5) is 28.6. The quantitative estimate of drug-likeness (QED) is 0.193. The van der Waals surface area contributed by atoms with Gasteiger partial charge < -0.3 is 28.9 Å². The summed E-state index contributed by atoms with van der Waals surface area (Å²) in [5.74, 6) is -0.0633. The first kappa shape index (κ1) is 33.9. The number of carbonyl (C=O) groups excluding carboxylic acids is 1. The van der Waals surface area contributed by atoms with Crippen molar-refractivity contribution in [3.05, 3.63) is 54.5 Å². The van der Waals surface area contributed by atoms with Crippen LogP contribution in [0.25, 0.3) is 39.0 Å². The number of anilines is 1. The van der Waals surface area contributed by atoms with Crippen molar-refractivity contribution in [2.45, 2.75) is 45.6 Å². The van der Waals surface area contributed by atoms with Gasteiger partial charge in [-0.15, -0.1) is 0 Å². The lowest BCUT2D eigenvalue weighted by Gasteiger charge is -2.54. The molecule has 2 aromatic carbocycles. The van der Waals surface area contributed by atoms with Crippen LogP contribution >= 0.6 is 0 Å². The van der Waals surface area contributed by atoms with Gasteiger partial charge in [0, 0.05) is 74.7 Å². The fourth-order valence-corrected chi connectivity index (χ4v) is 7.88. The molecule has 3 fully saturated rings. The summed E-state index contributed by atoms with van der Waals surface area (Å²) in [5, 5.41) is 9.31. The lowest BCUT2D eigenvalue weighted by Crippen LogP contribution is -2.62. The molecule has 1 N–H and O–H groups in total. The zero-order valence-corrected chi connectivity index (χ0v) is 29.3. The van der Waals surface area contributed by atoms with Gasteiger partial charge in [0.25, 0.3) is 5.91 Å². The molecule has 5 heterocycles. The minimum Gasteiger partial charge on any atom is -0.491 e. The Balaban J connectivity index is 1.29. The van der Waals surface area contributed by atoms with Crippen LogP contribution in [0.3, 0.4) is 0 Å². The van der Waals surface area contributed by atoms with Crippen LogP contribution in [0, 0.1) is 12.3 Å². The second-order valence-electron chi connectivity index (χ2n) is 13.8. The molecule has 3 aliphatic heterocycles. The third-order valence-corrected chi connectivity index (χ3v) is 10.6. The van der Waals surface area contributed by atoms with E-state index in [0.29, 0.717) is 43.6 Å². The van der Waals surface area contributed by atoms with Crippen molar-refractivity contribution >= 4 is 39.6 Å². The van der Waals surface area contributed by atoms with E-state index in [2.05, 4.69) is 52.2 Å². The van der Waals surface area contributed by atoms with Gasteiger partial charge in [-0.2, -0.15) is 15.1 Å². The third kappa shape index (κ3) is 6.30. The molecule has 0 bridgehead atoms. The van der Waals surface area contributed by atoms with Gasteiger partial charge in [-0.05, 0) is 68.4 Å². The van der Waals surface area contributed by atoms with Crippen LogP contribution < -0.4 is 14.4 Å². The van der Waals surface area contributed by atoms with Gasteiger partial charge in [0.15, 0.2) is 11.6 Å². The molecule has 4 aromatic rings. The largest absolute Gasteiger partial charge is 0.491 e. The molecule has 0 saturated carbocycles. The molecule has 3 aliphatic rings. The average Bonchev–Trinajstić information content (AvgIpc) is 3.59. The number of carbonyl (C=O) groups is 1. The zero-order chi connectivity index (χ0) is 35.0. The summed E-state index contributed by atoms with van der Waals surface area (Å²) in [7, 11) is 1.73. The van der Waals surface area contributed by atoms with Crippen molar-refractivity contribution < 1.29 is 23.4 Å². The summed E-state index contributed by atoms with van der Waals surface area (Å²) in [5.41, 5.74) is 5.51. The number of nitrogens with one attached hydrogen (secondary N) is 1. The number of hydrogen-bond acceptors (Lipinski definition) is 9. The number of H-pyrrole nitrogens is 1. The van der Waals surface area contributed by atoms with Gasteiger partial charge >= 0.3 is 6.01 Å². The highest BCUT2D eigenvalue weighted by molar-refractivity contribution is 6.07. The van der Waals surface area contributed by atoms with E-state index in [1.807, 2.05) is 25.3 Å². The fourth-order valence-electron chi connectivity index (χ4n) is 7.88. The topological polar surface area (TPSA) is 109 Å². The molecule has 0 unspecified atom stereocenters. The van der Waals surface area contributed by atoms with Crippen LogP contribution in [-0.2, 0) is 9.53 Å². The number of hydrogen-bond donors (Lipinski definition) is 1. The normalized spacial score (nSPS) is 18.1. The molecule has 50 heavy (non-hydrogen) atoms. The molecule has 0 atom stereocenters. The summed E-state index contributed by atoms with van der Waals surface area (Å²) >= 11 is 0. The van der Waals surface area contributed by atoms with E-state index in [1.165, 1.54) is 0 Å². The maximum atomic E-state index is 13.5. The molecule has 1 spiro atoms. The highest BCUT2D eigenvalue weighted by Gasteiger charge is 2.47. The molecule has 1 amide bonds. The Morgan fingerprint density at radius 3 is 2.56 bits per heavy atom. The molecular weight excluding hydrogens is 637 g/mol. The standard InChI is InChI=1S/C38H46FN7O4/c1-6-26-20-28-33(34(49-7-2)32(26)31-24(3)8-9-30-29(31)21-40-43-30)41-37(50-27-10-14-44(15-11-27)18-19-48-5)42-35(28)45-16-12-38(13-17-45)22-46(23-38)36(47)25(4)39/h6,8-9,20-21,27H,1,4,7,10-19,22-23H2,2-3,5H3,(H,40,43). The second kappa shape index (κ2) is 14.0. The van der Waals surface area contributed by atoms with Crippen molar-refractivity contribution in [2.24, 2.45) is 5.41 Å². The number of nitrogens with zero attached hydrogens (tertiary/aromatic N) is 6. The number of likely N-dealkylation sites (tertiary alicyclic amines) is 2. The van der Waals surface area contributed by atoms with E-state index in [1.54, 1.807) is 12.0 Å². The first-order chi connectivity index (χ1) is 24.2. The summed E-state index contributed by atoms with van der Waals surface area (Å²) < 4.78 is 32.0. The Hall–Kier alpha value is -4.55. The van der Waals surface area contributed by atoms with E-state index in [0.717, 1.165) is 103 Å². The number of rotatable bonds is 11. The van der Waals surface area contributed by atoms with Crippen molar-refractivity contribution in [3.8, 4) is 22.9 Å². The maximum Gasteiger partial charge on any atom is 0.319 e. The Morgan fingerprint density at radius 1 is 1.12 bits per heavy atom. The number of methoxy groups -OCH3 is 1. The number of ether oxygens (including phenoxy) is 3. The van der Waals surface area contributed by atoms with Gasteiger partial charge in [-0.25, -0.2) is 4.39 Å². The average molecular weight is 684 g/mol. The number of aromatic nitrogens is 4. The molecule has 264 valence electrons. The Kier molecular flexibility index (Phi) is 9.49. The van der Waals surface area contributed by atoms with Gasteiger partial charge in [-0.1, -0.05) is 25.3 Å². The third-order valence-electron chi connectivity index (χ3n) is 10.6. The molecule has 0 radical (unpaired) electrons. The molecule has 11 nitrogen and oxygen atoms in total. The Labute approximate surface area is 292 Å². The molecule has 0 aliphatic carbocycles. The first-order valence-corrected chi connectivity index (χ1v) is 17.6. The van der Waals surface area contributed by atoms with Crippen molar-refractivity contribution in [3.63, 3.8) is 0 Å². The number of aromatic amines is 1. The fraction of sp³-hybridized carbons (Fsp3) is 0.474. The predicted octanol–water partition coefficient (Wildman–Crippen LogP) is 5.92. The van der Waals surface area contributed by atoms with Crippen LogP contribution in [0.2, 0.25) is 0 Å². The second-order valence-corrected chi connectivity index (χ2v) is 13.8. The van der Waals surface area contributed by atoms with Crippen LogP contribution in [0.4, 0.5) is 10.2 Å². The Morgan fingerprint density at radius 2 is 1.88 bits per heavy atom. The number of aryl methyl sites for hydroxylation is 1. The predicted molar refractivity (Wildman–Crippen MR) is 193 cm³/mol. The molecule has 3 saturated heterocycles. The van der Waals surface area contributed by atoms with Gasteiger partial charge in [0.2, 0.25) is 0 Å². The van der Waals surface area contributed by atoms with Gasteiger partial charge in [-0.3, -0.25) is 9.89 Å². The molecular formula is C38H46FN7O4. The van der Waals surface area contributed by atoms with Crippen LogP contribution in [0.15, 0.2) is 43.4 Å². The highest BCUT2D eigenvalue weighted by Crippen LogP contribution is 2.47. The monoisotopic (exact) mass is 683 g/mol. The molecule has 12 heteroatoms.